The second kappa shape index (κ2) is 7.54. The Morgan fingerprint density at radius 1 is 1.07 bits per heavy atom. The van der Waals surface area contributed by atoms with Crippen LogP contribution in [-0.2, 0) is 4.79 Å². The fourth-order valence-electron chi connectivity index (χ4n) is 4.25. The Bertz CT molecular complexity index is 1290. The van der Waals surface area contributed by atoms with E-state index in [1.54, 1.807) is 29.6 Å². The lowest BCUT2D eigenvalue weighted by Gasteiger charge is -2.38. The monoisotopic (exact) mass is 651 g/mol. The Hall–Kier alpha value is -1.56. The smallest absolute Gasteiger partial charge is 0.178 e. The van der Waals surface area contributed by atoms with E-state index in [1.807, 2.05) is 30.3 Å². The summed E-state index contributed by atoms with van der Waals surface area (Å²) in [6.07, 6.45) is 5.16. The predicted octanol–water partition coefficient (Wildman–Crippen LogP) is 5.21. The van der Waals surface area contributed by atoms with Crippen LogP contribution in [0.1, 0.15) is 0 Å². The number of fused-ring (bicyclic) bond motifs is 2. The van der Waals surface area contributed by atoms with Crippen LogP contribution < -0.4 is 10.4 Å². The van der Waals surface area contributed by atoms with E-state index in [-0.39, 0.29) is 11.5 Å². The maximum Gasteiger partial charge on any atom is 0.178 e. The Kier molecular flexibility index (Phi) is 5.11. The van der Waals surface area contributed by atoms with Gasteiger partial charge in [0.25, 0.3) is 0 Å². The van der Waals surface area contributed by atoms with Gasteiger partial charge in [0.1, 0.15) is 5.75 Å². The van der Waals surface area contributed by atoms with Crippen molar-refractivity contribution in [3.8, 4) is 16.2 Å². The van der Waals surface area contributed by atoms with Crippen molar-refractivity contribution in [2.24, 2.45) is 4.99 Å². The van der Waals surface area contributed by atoms with E-state index in [0.717, 1.165) is 32.2 Å². The minimum Gasteiger partial charge on any atom is -0.507 e. The third kappa shape index (κ3) is 3.09. The molecule has 1 unspecified atom stereocenters. The van der Waals surface area contributed by atoms with Crippen molar-refractivity contribution in [1.82, 2.24) is 0 Å². The summed E-state index contributed by atoms with van der Waals surface area (Å²) in [4.78, 5) is 18.3. The lowest BCUT2D eigenvalue weighted by molar-refractivity contribution is -0.110. The molecule has 3 aromatic rings. The van der Waals surface area contributed by atoms with Gasteiger partial charge in [-0.1, -0.05) is 36.9 Å². The summed E-state index contributed by atoms with van der Waals surface area (Å²) >= 11 is 6.35. The largest absolute Gasteiger partial charge is 0.507 e. The van der Waals surface area contributed by atoms with Gasteiger partial charge in [-0.05, 0) is 97.2 Å². The number of nitrogens with zero attached hydrogens (tertiary/aromatic N) is 1. The average Bonchev–Trinajstić information content (AvgIpc) is 3.07. The molecule has 0 saturated carbocycles. The van der Waals surface area contributed by atoms with Crippen LogP contribution in [0.3, 0.4) is 0 Å². The van der Waals surface area contributed by atoms with E-state index in [2.05, 4.69) is 69.9 Å². The van der Waals surface area contributed by atoms with E-state index in [1.165, 1.54) is 11.6 Å². The molecule has 2 aliphatic rings. The molecule has 0 fully saturated rings. The Labute approximate surface area is 206 Å². The number of aliphatic imine (C=N–C) groups is 1. The van der Waals surface area contributed by atoms with Gasteiger partial charge in [0.05, 0.1) is 14.3 Å². The molecular formula is C23H15I2NO2SSi. The van der Waals surface area contributed by atoms with Crippen LogP contribution >= 0.6 is 56.5 Å². The number of phenolic OH excluding ortho intramolecular Hbond substituents is 1. The first-order chi connectivity index (χ1) is 14.4. The number of ketones is 1. The molecule has 1 aromatic heterocycles. The Morgan fingerprint density at radius 2 is 1.83 bits per heavy atom. The molecule has 0 saturated heterocycles. The highest BCUT2D eigenvalue weighted by atomic mass is 127. The highest BCUT2D eigenvalue weighted by Gasteiger charge is 2.45. The molecule has 0 radical (unpaired) electrons. The number of hydrogen-bond acceptors (Lipinski definition) is 4. The Morgan fingerprint density at radius 3 is 2.53 bits per heavy atom. The van der Waals surface area contributed by atoms with Gasteiger partial charge in [0.2, 0.25) is 0 Å². The van der Waals surface area contributed by atoms with Crippen LogP contribution in [0.4, 0.5) is 5.69 Å². The lowest BCUT2D eigenvalue weighted by atomic mass is 10.1. The van der Waals surface area contributed by atoms with Gasteiger partial charge in [0.15, 0.2) is 13.9 Å². The summed E-state index contributed by atoms with van der Waals surface area (Å²) in [6, 6.07) is 16.1. The second-order valence-corrected chi connectivity index (χ2v) is 15.3. The molecule has 5 rings (SSSR count). The van der Waals surface area contributed by atoms with Crippen LogP contribution in [0.25, 0.3) is 10.4 Å². The number of hydrogen-bond donors (Lipinski definition) is 1. The predicted molar refractivity (Wildman–Crippen MR) is 144 cm³/mol. The second-order valence-electron chi connectivity index (χ2n) is 7.37. The highest BCUT2D eigenvalue weighted by molar-refractivity contribution is 14.1. The molecule has 0 amide bonds. The molecule has 1 atom stereocenters. The van der Waals surface area contributed by atoms with Crippen molar-refractivity contribution in [3.63, 3.8) is 0 Å². The molecular weight excluding hydrogens is 636 g/mol. The summed E-state index contributed by atoms with van der Waals surface area (Å²) < 4.78 is 2.36. The number of thiophene rings is 1. The fourth-order valence-corrected chi connectivity index (χ4v) is 11.1. The summed E-state index contributed by atoms with van der Waals surface area (Å²) in [5.41, 5.74) is 2.58. The summed E-state index contributed by atoms with van der Waals surface area (Å²) in [5, 5.41) is 14.3. The number of carbonyl (C=O) groups excluding carboxylic acids is 1. The molecule has 1 aliphatic carbocycles. The van der Waals surface area contributed by atoms with Gasteiger partial charge in [-0.2, -0.15) is 0 Å². The number of carbonyl (C=O) groups is 1. The van der Waals surface area contributed by atoms with Gasteiger partial charge >= 0.3 is 0 Å². The van der Waals surface area contributed by atoms with E-state index < -0.39 is 8.07 Å². The van der Waals surface area contributed by atoms with Crippen molar-refractivity contribution in [3.05, 3.63) is 78.4 Å². The first-order valence-corrected chi connectivity index (χ1v) is 14.8. The van der Waals surface area contributed by atoms with Crippen molar-refractivity contribution >= 4 is 92.1 Å². The standard InChI is InChI=1S/C23H15I2NO2SSi/c1-30(14-5-3-2-4-6-14)20-11-13(27)7-8-16(20)26-17-9-10-18(28)21(22(17)30)19-12-15(24)23(25)29-19/h2-12,28H,1H3. The lowest BCUT2D eigenvalue weighted by Crippen LogP contribution is -2.61. The summed E-state index contributed by atoms with van der Waals surface area (Å²) in [6.45, 7) is 2.26. The molecule has 30 heavy (non-hydrogen) atoms. The number of benzene rings is 2. The molecule has 3 nitrogen and oxygen atoms in total. The van der Waals surface area contributed by atoms with Crippen LogP contribution in [0, 0.1) is 6.45 Å². The molecule has 2 aromatic carbocycles. The van der Waals surface area contributed by atoms with Gasteiger partial charge in [-0.3, -0.25) is 4.79 Å². The number of allylic oxidation sites excluding steroid dienone is 4. The van der Waals surface area contributed by atoms with E-state index in [9.17, 15) is 9.90 Å². The zero-order valence-electron chi connectivity index (χ0n) is 15.8. The number of phenols is 1. The van der Waals surface area contributed by atoms with Crippen LogP contribution in [0.5, 0.6) is 5.75 Å². The van der Waals surface area contributed by atoms with Gasteiger partial charge in [0, 0.05) is 14.0 Å². The van der Waals surface area contributed by atoms with Crippen molar-refractivity contribution in [2.75, 3.05) is 0 Å². The highest BCUT2D eigenvalue weighted by Crippen LogP contribution is 2.42. The van der Waals surface area contributed by atoms with Crippen LogP contribution in [-0.4, -0.2) is 24.7 Å². The third-order valence-corrected chi connectivity index (χ3v) is 14.6. The summed E-state index contributed by atoms with van der Waals surface area (Å²) in [7, 11) is -2.60. The zero-order valence-corrected chi connectivity index (χ0v) is 21.9. The van der Waals surface area contributed by atoms with E-state index >= 15 is 0 Å². The zero-order chi connectivity index (χ0) is 21.0. The maximum absolute atomic E-state index is 12.4. The number of aromatic hydroxyl groups is 1. The van der Waals surface area contributed by atoms with Gasteiger partial charge in [-0.15, -0.1) is 11.3 Å². The van der Waals surface area contributed by atoms with Crippen molar-refractivity contribution in [2.45, 2.75) is 6.55 Å². The molecule has 7 heteroatoms. The van der Waals surface area contributed by atoms with Gasteiger partial charge < -0.3 is 5.11 Å². The number of halogens is 2. The molecule has 1 N–H and O–H groups in total. The minimum atomic E-state index is -2.60. The van der Waals surface area contributed by atoms with E-state index in [0.29, 0.717) is 0 Å². The SMILES string of the molecule is C[Si]1(c2ccccc2)C2=CC(=O)C=CC2=Nc2ccc(O)c(-c3cc(I)c(I)s3)c21. The Balaban J connectivity index is 1.92. The minimum absolute atomic E-state index is 0.0102. The van der Waals surface area contributed by atoms with Crippen LogP contribution in [0.15, 0.2) is 76.9 Å². The fraction of sp³-hybridized carbons (Fsp3) is 0.0435. The van der Waals surface area contributed by atoms with Crippen molar-refractivity contribution in [1.29, 1.82) is 0 Å². The molecule has 0 spiro atoms. The van der Waals surface area contributed by atoms with E-state index in [4.69, 9.17) is 4.99 Å². The van der Waals surface area contributed by atoms with Crippen molar-refractivity contribution < 1.29 is 9.90 Å². The molecule has 0 bridgehead atoms. The molecule has 2 heterocycles. The molecule has 148 valence electrons. The normalized spacial score (nSPS) is 19.8. The summed E-state index contributed by atoms with van der Waals surface area (Å²) in [5.74, 6) is 0.248. The number of rotatable bonds is 2. The molecule has 1 aliphatic heterocycles. The van der Waals surface area contributed by atoms with Crippen LogP contribution in [0.2, 0.25) is 6.55 Å². The maximum atomic E-state index is 12.4. The first-order valence-electron chi connectivity index (χ1n) is 9.30. The first kappa shape index (κ1) is 20.3. The average molecular weight is 651 g/mol. The third-order valence-electron chi connectivity index (χ3n) is 5.65. The quantitative estimate of drug-likeness (QED) is 0.235. The topological polar surface area (TPSA) is 49.7 Å². The van der Waals surface area contributed by atoms with Gasteiger partial charge in [-0.25, -0.2) is 4.99 Å².